The van der Waals surface area contributed by atoms with Gasteiger partial charge in [0.2, 0.25) is 15.9 Å². The lowest BCUT2D eigenvalue weighted by Gasteiger charge is -2.23. The Labute approximate surface area is 190 Å². The number of hydrogen-bond acceptors (Lipinski definition) is 4. The van der Waals surface area contributed by atoms with Gasteiger partial charge >= 0.3 is 0 Å². The molecule has 1 aliphatic heterocycles. The molecule has 1 saturated heterocycles. The first-order valence-corrected chi connectivity index (χ1v) is 12.8. The minimum atomic E-state index is -3.61. The highest BCUT2D eigenvalue weighted by molar-refractivity contribution is 7.88. The van der Waals surface area contributed by atoms with Crippen molar-refractivity contribution in [1.82, 2.24) is 9.21 Å². The third-order valence-corrected chi connectivity index (χ3v) is 6.79. The van der Waals surface area contributed by atoms with Gasteiger partial charge in [-0.15, -0.1) is 0 Å². The molecule has 172 valence electrons. The Balaban J connectivity index is 1.72. The third kappa shape index (κ3) is 6.64. The molecule has 7 nitrogen and oxygen atoms in total. The minimum Gasteiger partial charge on any atom is -0.339 e. The van der Waals surface area contributed by atoms with E-state index in [1.807, 2.05) is 36.1 Å². The third-order valence-electron chi connectivity index (χ3n) is 5.59. The van der Waals surface area contributed by atoms with Crippen LogP contribution in [0.3, 0.4) is 0 Å². The zero-order valence-electron chi connectivity index (χ0n) is 18.7. The van der Waals surface area contributed by atoms with E-state index in [1.165, 1.54) is 0 Å². The number of sulfonamides is 1. The van der Waals surface area contributed by atoms with Crippen molar-refractivity contribution in [2.75, 3.05) is 31.2 Å². The molecule has 0 atom stereocenters. The van der Waals surface area contributed by atoms with Crippen molar-refractivity contribution in [3.63, 3.8) is 0 Å². The van der Waals surface area contributed by atoms with E-state index in [-0.39, 0.29) is 19.0 Å². The van der Waals surface area contributed by atoms with Gasteiger partial charge in [0.05, 0.1) is 24.1 Å². The minimum absolute atomic E-state index is 0.0981. The number of carbonyl (C=O) groups is 2. The number of aryl methyl sites for hydroxylation is 1. The van der Waals surface area contributed by atoms with Crippen molar-refractivity contribution >= 4 is 27.5 Å². The predicted octanol–water partition coefficient (Wildman–Crippen LogP) is 3.41. The van der Waals surface area contributed by atoms with Gasteiger partial charge in [0.1, 0.15) is 0 Å². The number of rotatable bonds is 7. The Morgan fingerprint density at radius 2 is 1.59 bits per heavy atom. The molecule has 0 bridgehead atoms. The highest BCUT2D eigenvalue weighted by Crippen LogP contribution is 2.20. The van der Waals surface area contributed by atoms with E-state index >= 15 is 0 Å². The van der Waals surface area contributed by atoms with Crippen LogP contribution in [0.2, 0.25) is 0 Å². The Kier molecular flexibility index (Phi) is 8.04. The Morgan fingerprint density at radius 3 is 2.22 bits per heavy atom. The molecule has 1 N–H and O–H groups in total. The van der Waals surface area contributed by atoms with Crippen molar-refractivity contribution in [3.05, 3.63) is 65.2 Å². The summed E-state index contributed by atoms with van der Waals surface area (Å²) in [5.74, 6) is -0.596. The summed E-state index contributed by atoms with van der Waals surface area (Å²) < 4.78 is 25.7. The van der Waals surface area contributed by atoms with Gasteiger partial charge in [0.25, 0.3) is 5.91 Å². The van der Waals surface area contributed by atoms with Gasteiger partial charge in [0, 0.05) is 19.6 Å². The zero-order valence-corrected chi connectivity index (χ0v) is 19.5. The molecule has 0 unspecified atom stereocenters. The summed E-state index contributed by atoms with van der Waals surface area (Å²) >= 11 is 0. The fourth-order valence-corrected chi connectivity index (χ4v) is 4.50. The number of carbonyl (C=O) groups excluding carboxylic acids is 2. The number of likely N-dealkylation sites (tertiary alicyclic amines) is 1. The molecule has 2 aromatic rings. The van der Waals surface area contributed by atoms with Crippen molar-refractivity contribution in [1.29, 1.82) is 0 Å². The maximum absolute atomic E-state index is 13.1. The number of hydrogen-bond donors (Lipinski definition) is 1. The molecular weight excluding hydrogens is 426 g/mol. The van der Waals surface area contributed by atoms with E-state index in [2.05, 4.69) is 5.32 Å². The molecule has 32 heavy (non-hydrogen) atoms. The summed E-state index contributed by atoms with van der Waals surface area (Å²) in [6.07, 6.45) is 5.27. The first-order valence-electron chi connectivity index (χ1n) is 10.9. The van der Waals surface area contributed by atoms with Gasteiger partial charge < -0.3 is 10.2 Å². The maximum atomic E-state index is 13.1. The fourth-order valence-electron chi connectivity index (χ4n) is 3.76. The van der Waals surface area contributed by atoms with Crippen LogP contribution in [0.1, 0.15) is 47.2 Å². The summed E-state index contributed by atoms with van der Waals surface area (Å²) in [5.41, 5.74) is 2.69. The molecule has 2 aromatic carbocycles. The second kappa shape index (κ2) is 10.7. The van der Waals surface area contributed by atoms with Crippen LogP contribution in [-0.4, -0.2) is 55.3 Å². The first-order chi connectivity index (χ1) is 15.2. The van der Waals surface area contributed by atoms with E-state index in [9.17, 15) is 18.0 Å². The highest BCUT2D eigenvalue weighted by atomic mass is 32.2. The molecule has 3 rings (SSSR count). The quantitative estimate of drug-likeness (QED) is 0.690. The van der Waals surface area contributed by atoms with Crippen LogP contribution < -0.4 is 5.32 Å². The second-order valence-electron chi connectivity index (χ2n) is 8.32. The van der Waals surface area contributed by atoms with Crippen LogP contribution in [0.5, 0.6) is 0 Å². The van der Waals surface area contributed by atoms with Crippen LogP contribution in [0.15, 0.2) is 48.5 Å². The van der Waals surface area contributed by atoms with Gasteiger partial charge in [-0.3, -0.25) is 9.59 Å². The van der Waals surface area contributed by atoms with Crippen LogP contribution in [0.4, 0.5) is 5.69 Å². The van der Waals surface area contributed by atoms with E-state index in [0.29, 0.717) is 24.3 Å². The van der Waals surface area contributed by atoms with Crippen LogP contribution in [0, 0.1) is 6.92 Å². The molecule has 0 spiro atoms. The molecule has 1 aliphatic rings. The summed E-state index contributed by atoms with van der Waals surface area (Å²) in [5, 5.41) is 2.75. The first kappa shape index (κ1) is 23.9. The normalized spacial score (nSPS) is 14.8. The average Bonchev–Trinajstić information content (AvgIpc) is 3.03. The van der Waals surface area contributed by atoms with E-state index in [1.54, 1.807) is 24.3 Å². The fraction of sp³-hybridized carbons (Fsp3) is 0.417. The number of amides is 2. The lowest BCUT2D eigenvalue weighted by molar-refractivity contribution is -0.116. The van der Waals surface area contributed by atoms with E-state index < -0.39 is 15.9 Å². The maximum Gasteiger partial charge on any atom is 0.255 e. The Hall–Kier alpha value is -2.71. The lowest BCUT2D eigenvalue weighted by atomic mass is 10.1. The highest BCUT2D eigenvalue weighted by Gasteiger charge is 2.23. The van der Waals surface area contributed by atoms with Crippen LogP contribution in [0.25, 0.3) is 0 Å². The van der Waals surface area contributed by atoms with Crippen molar-refractivity contribution < 1.29 is 18.0 Å². The summed E-state index contributed by atoms with van der Waals surface area (Å²) in [4.78, 5) is 27.7. The number of para-hydroxylation sites is 1. The lowest BCUT2D eigenvalue weighted by Crippen LogP contribution is -2.37. The van der Waals surface area contributed by atoms with Gasteiger partial charge in [-0.25, -0.2) is 8.42 Å². The van der Waals surface area contributed by atoms with Crippen LogP contribution in [-0.2, 0) is 21.4 Å². The van der Waals surface area contributed by atoms with Crippen LogP contribution >= 0.6 is 0 Å². The zero-order chi connectivity index (χ0) is 23.1. The average molecular weight is 458 g/mol. The molecule has 0 aromatic heterocycles. The van der Waals surface area contributed by atoms with Crippen molar-refractivity contribution in [3.8, 4) is 0 Å². The molecule has 0 saturated carbocycles. The molecule has 0 radical (unpaired) electrons. The van der Waals surface area contributed by atoms with Gasteiger partial charge in [0.15, 0.2) is 0 Å². The number of benzene rings is 2. The SMILES string of the molecule is Cc1ccc(CN(CC(=O)Nc2ccccc2C(=O)N2CCCCCC2)S(C)(=O)=O)cc1. The monoisotopic (exact) mass is 457 g/mol. The van der Waals surface area contributed by atoms with Gasteiger partial charge in [-0.05, 0) is 37.5 Å². The summed E-state index contributed by atoms with van der Waals surface area (Å²) in [7, 11) is -3.61. The molecule has 0 aliphatic carbocycles. The predicted molar refractivity (Wildman–Crippen MR) is 126 cm³/mol. The smallest absolute Gasteiger partial charge is 0.255 e. The van der Waals surface area contributed by atoms with Gasteiger partial charge in [-0.1, -0.05) is 54.8 Å². The Bertz CT molecular complexity index is 1040. The molecule has 1 fully saturated rings. The second-order valence-corrected chi connectivity index (χ2v) is 10.3. The molecular formula is C24H31N3O4S. The van der Waals surface area contributed by atoms with Crippen molar-refractivity contribution in [2.45, 2.75) is 39.2 Å². The Morgan fingerprint density at radius 1 is 0.969 bits per heavy atom. The number of anilines is 1. The number of nitrogens with one attached hydrogen (secondary N) is 1. The topological polar surface area (TPSA) is 86.8 Å². The molecule has 8 heteroatoms. The summed E-state index contributed by atoms with van der Waals surface area (Å²) in [6, 6.07) is 14.4. The largest absolute Gasteiger partial charge is 0.339 e. The molecule has 2 amide bonds. The number of nitrogens with zero attached hydrogens (tertiary/aromatic N) is 2. The molecule has 1 heterocycles. The van der Waals surface area contributed by atoms with E-state index in [0.717, 1.165) is 47.4 Å². The van der Waals surface area contributed by atoms with Crippen molar-refractivity contribution in [2.24, 2.45) is 0 Å². The summed E-state index contributed by atoms with van der Waals surface area (Å²) in [6.45, 7) is 3.13. The van der Waals surface area contributed by atoms with Gasteiger partial charge in [-0.2, -0.15) is 4.31 Å². The standard InChI is InChI=1S/C24H31N3O4S/c1-19-11-13-20(14-12-19)17-27(32(2,30)31)18-23(28)25-22-10-6-5-9-21(22)24(29)26-15-7-3-4-8-16-26/h5-6,9-14H,3-4,7-8,15-18H2,1-2H3,(H,25,28). The van der Waals surface area contributed by atoms with E-state index in [4.69, 9.17) is 0 Å².